The molecule has 0 fully saturated rings. The van der Waals surface area contributed by atoms with Gasteiger partial charge in [0.05, 0.1) is 15.9 Å². The van der Waals surface area contributed by atoms with Crippen LogP contribution in [0.3, 0.4) is 0 Å². The summed E-state index contributed by atoms with van der Waals surface area (Å²) in [5.74, 6) is 2.66. The Balaban J connectivity index is 3.20. The third kappa shape index (κ3) is 4.12. The molecule has 1 rings (SSSR count). The standard InChI is InChI=1S/C13H22BrN3S/c1-6-7-15-12-10(14)11(13(2,3)4)16-9(17-12)8-18-5/h6-8H2,1-5H3,(H,15,16,17). The fourth-order valence-electron chi connectivity index (χ4n) is 1.54. The molecule has 3 nitrogen and oxygen atoms in total. The SMILES string of the molecule is CCCNc1nc(CSC)nc(C(C)(C)C)c1Br. The van der Waals surface area contributed by atoms with Crippen molar-refractivity contribution >= 4 is 33.5 Å². The van der Waals surface area contributed by atoms with Gasteiger partial charge in [-0.2, -0.15) is 11.8 Å². The number of nitrogens with zero attached hydrogens (tertiary/aromatic N) is 2. The molecule has 0 bridgehead atoms. The van der Waals surface area contributed by atoms with Crippen LogP contribution < -0.4 is 5.32 Å². The van der Waals surface area contributed by atoms with E-state index >= 15 is 0 Å². The fourth-order valence-corrected chi connectivity index (χ4v) is 2.84. The summed E-state index contributed by atoms with van der Waals surface area (Å²) in [7, 11) is 0. The predicted molar refractivity (Wildman–Crippen MR) is 84.4 cm³/mol. The van der Waals surface area contributed by atoms with E-state index in [2.05, 4.69) is 65.2 Å². The molecule has 0 aliphatic carbocycles. The van der Waals surface area contributed by atoms with Crippen molar-refractivity contribution in [3.63, 3.8) is 0 Å². The molecule has 0 aliphatic rings. The zero-order chi connectivity index (χ0) is 13.8. The van der Waals surface area contributed by atoms with E-state index in [1.807, 2.05) is 0 Å². The molecular formula is C13H22BrN3S. The van der Waals surface area contributed by atoms with E-state index < -0.39 is 0 Å². The van der Waals surface area contributed by atoms with Crippen LogP contribution in [0.2, 0.25) is 0 Å². The van der Waals surface area contributed by atoms with Gasteiger partial charge in [0, 0.05) is 12.0 Å². The number of anilines is 1. The third-order valence-corrected chi connectivity index (χ3v) is 3.72. The highest BCUT2D eigenvalue weighted by atomic mass is 79.9. The molecule has 0 saturated carbocycles. The van der Waals surface area contributed by atoms with Crippen molar-refractivity contribution in [1.29, 1.82) is 0 Å². The molecule has 0 spiro atoms. The quantitative estimate of drug-likeness (QED) is 0.876. The fraction of sp³-hybridized carbons (Fsp3) is 0.692. The highest BCUT2D eigenvalue weighted by Crippen LogP contribution is 2.32. The van der Waals surface area contributed by atoms with E-state index in [9.17, 15) is 0 Å². The zero-order valence-electron chi connectivity index (χ0n) is 11.8. The normalized spacial score (nSPS) is 11.7. The van der Waals surface area contributed by atoms with Crippen molar-refractivity contribution in [3.8, 4) is 0 Å². The average Bonchev–Trinajstić information content (AvgIpc) is 2.28. The lowest BCUT2D eigenvalue weighted by molar-refractivity contribution is 0.560. The summed E-state index contributed by atoms with van der Waals surface area (Å²) in [5.41, 5.74) is 1.08. The molecule has 0 aliphatic heterocycles. The highest BCUT2D eigenvalue weighted by Gasteiger charge is 2.22. The van der Waals surface area contributed by atoms with Gasteiger partial charge >= 0.3 is 0 Å². The Labute approximate surface area is 123 Å². The first-order valence-electron chi connectivity index (χ1n) is 6.19. The van der Waals surface area contributed by atoms with E-state index in [1.165, 1.54) is 0 Å². The largest absolute Gasteiger partial charge is 0.369 e. The summed E-state index contributed by atoms with van der Waals surface area (Å²) in [6, 6.07) is 0. The molecule has 0 amide bonds. The van der Waals surface area contributed by atoms with Gasteiger partial charge in [-0.15, -0.1) is 0 Å². The van der Waals surface area contributed by atoms with E-state index in [1.54, 1.807) is 11.8 Å². The Kier molecular flexibility index (Phi) is 5.92. The van der Waals surface area contributed by atoms with Gasteiger partial charge in [-0.3, -0.25) is 0 Å². The Hall–Kier alpha value is -0.290. The Morgan fingerprint density at radius 2 is 1.94 bits per heavy atom. The van der Waals surface area contributed by atoms with Crippen LogP contribution >= 0.6 is 27.7 Å². The topological polar surface area (TPSA) is 37.8 Å². The molecule has 0 aromatic carbocycles. The highest BCUT2D eigenvalue weighted by molar-refractivity contribution is 9.10. The van der Waals surface area contributed by atoms with Gasteiger partial charge in [-0.25, -0.2) is 9.97 Å². The molecule has 0 atom stereocenters. The zero-order valence-corrected chi connectivity index (χ0v) is 14.2. The van der Waals surface area contributed by atoms with Crippen LogP contribution in [0.25, 0.3) is 0 Å². The van der Waals surface area contributed by atoms with Crippen LogP contribution in [0.4, 0.5) is 5.82 Å². The number of hydrogen-bond donors (Lipinski definition) is 1. The average molecular weight is 332 g/mol. The van der Waals surface area contributed by atoms with Crippen molar-refractivity contribution in [2.75, 3.05) is 18.1 Å². The minimum Gasteiger partial charge on any atom is -0.369 e. The third-order valence-electron chi connectivity index (χ3n) is 2.42. The molecule has 18 heavy (non-hydrogen) atoms. The molecule has 0 unspecified atom stereocenters. The summed E-state index contributed by atoms with van der Waals surface area (Å²) in [4.78, 5) is 9.27. The lowest BCUT2D eigenvalue weighted by Crippen LogP contribution is -2.18. The maximum atomic E-state index is 4.68. The smallest absolute Gasteiger partial charge is 0.144 e. The molecule has 1 N–H and O–H groups in total. The molecule has 1 heterocycles. The summed E-state index contributed by atoms with van der Waals surface area (Å²) < 4.78 is 0.994. The number of hydrogen-bond acceptors (Lipinski definition) is 4. The van der Waals surface area contributed by atoms with E-state index in [0.717, 1.165) is 40.5 Å². The number of rotatable bonds is 5. The molecule has 5 heteroatoms. The lowest BCUT2D eigenvalue weighted by atomic mass is 9.92. The number of thioether (sulfide) groups is 1. The van der Waals surface area contributed by atoms with Crippen LogP contribution in [-0.4, -0.2) is 22.8 Å². The van der Waals surface area contributed by atoms with E-state index in [4.69, 9.17) is 0 Å². The summed E-state index contributed by atoms with van der Waals surface area (Å²) in [5, 5.41) is 3.37. The van der Waals surface area contributed by atoms with Crippen LogP contribution in [0, 0.1) is 0 Å². The van der Waals surface area contributed by atoms with Gasteiger partial charge in [0.15, 0.2) is 0 Å². The second-order valence-electron chi connectivity index (χ2n) is 5.26. The van der Waals surface area contributed by atoms with Crippen LogP contribution in [0.15, 0.2) is 4.47 Å². The molecule has 0 saturated heterocycles. The molecular weight excluding hydrogens is 310 g/mol. The summed E-state index contributed by atoms with van der Waals surface area (Å²) >= 11 is 5.38. The predicted octanol–water partition coefficient (Wildman–Crippen LogP) is 4.22. The first-order valence-corrected chi connectivity index (χ1v) is 8.38. The molecule has 102 valence electrons. The monoisotopic (exact) mass is 331 g/mol. The summed E-state index contributed by atoms with van der Waals surface area (Å²) in [6.45, 7) is 9.60. The Bertz CT molecular complexity index is 402. The number of nitrogens with one attached hydrogen (secondary N) is 1. The minimum absolute atomic E-state index is 0.0115. The van der Waals surface area contributed by atoms with Crippen LogP contribution in [-0.2, 0) is 11.2 Å². The summed E-state index contributed by atoms with van der Waals surface area (Å²) in [6.07, 6.45) is 3.15. The van der Waals surface area contributed by atoms with Gasteiger partial charge in [0.2, 0.25) is 0 Å². The number of halogens is 1. The first kappa shape index (κ1) is 15.8. The van der Waals surface area contributed by atoms with Gasteiger partial charge in [0.1, 0.15) is 11.6 Å². The second kappa shape index (κ2) is 6.75. The van der Waals surface area contributed by atoms with Crippen molar-refractivity contribution in [2.24, 2.45) is 0 Å². The maximum Gasteiger partial charge on any atom is 0.144 e. The second-order valence-corrected chi connectivity index (χ2v) is 6.92. The van der Waals surface area contributed by atoms with Gasteiger partial charge in [0.25, 0.3) is 0 Å². The molecule has 0 radical (unpaired) electrons. The maximum absolute atomic E-state index is 4.68. The van der Waals surface area contributed by atoms with Crippen molar-refractivity contribution < 1.29 is 0 Å². The molecule has 1 aromatic heterocycles. The van der Waals surface area contributed by atoms with E-state index in [-0.39, 0.29) is 5.41 Å². The number of aromatic nitrogens is 2. The van der Waals surface area contributed by atoms with Crippen molar-refractivity contribution in [3.05, 3.63) is 16.0 Å². The first-order chi connectivity index (χ1) is 8.40. The van der Waals surface area contributed by atoms with Crippen LogP contribution in [0.5, 0.6) is 0 Å². The van der Waals surface area contributed by atoms with Gasteiger partial charge in [-0.1, -0.05) is 27.7 Å². The van der Waals surface area contributed by atoms with E-state index in [0.29, 0.717) is 0 Å². The van der Waals surface area contributed by atoms with Crippen molar-refractivity contribution in [2.45, 2.75) is 45.3 Å². The Morgan fingerprint density at radius 3 is 2.44 bits per heavy atom. The van der Waals surface area contributed by atoms with Crippen molar-refractivity contribution in [1.82, 2.24) is 9.97 Å². The van der Waals surface area contributed by atoms with Gasteiger partial charge < -0.3 is 5.32 Å². The lowest BCUT2D eigenvalue weighted by Gasteiger charge is -2.22. The van der Waals surface area contributed by atoms with Crippen LogP contribution in [0.1, 0.15) is 45.6 Å². The van der Waals surface area contributed by atoms with Gasteiger partial charge in [-0.05, 0) is 28.6 Å². The minimum atomic E-state index is 0.0115. The molecule has 1 aromatic rings. The Morgan fingerprint density at radius 1 is 1.28 bits per heavy atom.